The second-order valence-electron chi connectivity index (χ2n) is 2.98. The predicted molar refractivity (Wildman–Crippen MR) is 58.2 cm³/mol. The molecule has 0 spiro atoms. The molecule has 0 aliphatic heterocycles. The topological polar surface area (TPSA) is 50.1 Å². The van der Waals surface area contributed by atoms with Gasteiger partial charge in [0.15, 0.2) is 5.11 Å². The molecule has 1 aromatic rings. The third-order valence-corrected chi connectivity index (χ3v) is 2.16. The third-order valence-electron chi connectivity index (χ3n) is 1.89. The van der Waals surface area contributed by atoms with E-state index in [1.54, 1.807) is 0 Å². The smallest absolute Gasteiger partial charge is 0.358 e. The van der Waals surface area contributed by atoms with E-state index in [0.29, 0.717) is 0 Å². The lowest BCUT2D eigenvalue weighted by molar-refractivity contribution is -0.138. The van der Waals surface area contributed by atoms with Crippen molar-refractivity contribution in [3.63, 3.8) is 0 Å². The van der Waals surface area contributed by atoms with Crippen molar-refractivity contribution in [3.05, 3.63) is 35.4 Å². The molecule has 0 radical (unpaired) electrons. The van der Waals surface area contributed by atoms with Crippen LogP contribution in [0.5, 0.6) is 0 Å². The van der Waals surface area contributed by atoms with Crippen LogP contribution in [0.4, 0.5) is 13.2 Å². The van der Waals surface area contributed by atoms with E-state index in [2.05, 4.69) is 23.0 Å². The van der Waals surface area contributed by atoms with Gasteiger partial charge in [0.1, 0.15) is 0 Å². The van der Waals surface area contributed by atoms with E-state index in [-0.39, 0.29) is 17.2 Å². The zero-order valence-corrected chi connectivity index (χ0v) is 8.95. The highest BCUT2D eigenvalue weighted by Crippen LogP contribution is 2.31. The molecule has 0 heterocycles. The average Bonchev–Trinajstić information content (AvgIpc) is 2.25. The van der Waals surface area contributed by atoms with Gasteiger partial charge in [-0.25, -0.2) is 5.84 Å². The molecule has 4 N–H and O–H groups in total. The van der Waals surface area contributed by atoms with E-state index in [9.17, 15) is 13.2 Å². The Kier molecular flexibility index (Phi) is 4.08. The molecule has 0 amide bonds. The fourth-order valence-electron chi connectivity index (χ4n) is 1.18. The summed E-state index contributed by atoms with van der Waals surface area (Å²) in [5.41, 5.74) is 1.57. The number of nitrogens with one attached hydrogen (secondary N) is 2. The summed E-state index contributed by atoms with van der Waals surface area (Å²) in [4.78, 5) is 0. The van der Waals surface area contributed by atoms with Crippen LogP contribution in [0.1, 0.15) is 11.1 Å². The molecule has 0 bridgehead atoms. The van der Waals surface area contributed by atoms with Crippen LogP contribution in [0, 0.1) is 0 Å². The molecular weight excluding hydrogens is 239 g/mol. The Morgan fingerprint density at radius 3 is 2.50 bits per heavy atom. The van der Waals surface area contributed by atoms with Crippen molar-refractivity contribution in [2.45, 2.75) is 12.7 Å². The predicted octanol–water partition coefficient (Wildman–Crippen LogP) is 1.54. The maximum absolute atomic E-state index is 12.6. The highest BCUT2D eigenvalue weighted by atomic mass is 32.1. The summed E-state index contributed by atoms with van der Waals surface area (Å²) >= 11 is 4.66. The molecular formula is C9H10F3N3S. The number of thiocarbonyl (C=S) groups is 1. The number of halogens is 3. The van der Waals surface area contributed by atoms with Crippen LogP contribution in [0.3, 0.4) is 0 Å². The van der Waals surface area contributed by atoms with E-state index >= 15 is 0 Å². The molecule has 7 heteroatoms. The Balaban J connectivity index is 2.84. The van der Waals surface area contributed by atoms with Crippen LogP contribution in [0.2, 0.25) is 0 Å². The van der Waals surface area contributed by atoms with Crippen molar-refractivity contribution in [2.24, 2.45) is 5.84 Å². The van der Waals surface area contributed by atoms with Gasteiger partial charge in [0.2, 0.25) is 0 Å². The monoisotopic (exact) mass is 249 g/mol. The number of hydrazine groups is 1. The third kappa shape index (κ3) is 3.35. The van der Waals surface area contributed by atoms with E-state index in [1.807, 2.05) is 0 Å². The Hall–Kier alpha value is -1.34. The molecule has 0 aliphatic rings. The number of hydrogen-bond acceptors (Lipinski definition) is 2. The van der Waals surface area contributed by atoms with Crippen molar-refractivity contribution in [2.75, 3.05) is 0 Å². The van der Waals surface area contributed by atoms with Crippen molar-refractivity contribution >= 4 is 17.3 Å². The first kappa shape index (κ1) is 12.7. The van der Waals surface area contributed by atoms with Crippen LogP contribution in [-0.4, -0.2) is 5.11 Å². The van der Waals surface area contributed by atoms with Gasteiger partial charge < -0.3 is 10.7 Å². The quantitative estimate of drug-likeness (QED) is 0.423. The lowest BCUT2D eigenvalue weighted by Gasteiger charge is -2.13. The maximum atomic E-state index is 12.6. The fraction of sp³-hybridized carbons (Fsp3) is 0.222. The van der Waals surface area contributed by atoms with Gasteiger partial charge in [0.25, 0.3) is 0 Å². The molecule has 3 nitrogen and oxygen atoms in total. The summed E-state index contributed by atoms with van der Waals surface area (Å²) in [6.07, 6.45) is -4.37. The van der Waals surface area contributed by atoms with Crippen LogP contribution in [0.15, 0.2) is 24.3 Å². The zero-order chi connectivity index (χ0) is 12.2. The highest BCUT2D eigenvalue weighted by Gasteiger charge is 2.32. The largest absolute Gasteiger partial charge is 0.416 e. The van der Waals surface area contributed by atoms with Gasteiger partial charge >= 0.3 is 6.18 Å². The first-order valence-corrected chi connectivity index (χ1v) is 4.75. The maximum Gasteiger partial charge on any atom is 0.416 e. The SMILES string of the molecule is NNC(=S)NCc1ccccc1C(F)(F)F. The van der Waals surface area contributed by atoms with Crippen LogP contribution in [0.25, 0.3) is 0 Å². The summed E-state index contributed by atoms with van der Waals surface area (Å²) < 4.78 is 37.7. The highest BCUT2D eigenvalue weighted by molar-refractivity contribution is 7.80. The molecule has 0 fully saturated rings. The first-order valence-electron chi connectivity index (χ1n) is 4.34. The van der Waals surface area contributed by atoms with Crippen molar-refractivity contribution < 1.29 is 13.2 Å². The van der Waals surface area contributed by atoms with Gasteiger partial charge in [-0.05, 0) is 23.8 Å². The molecule has 0 atom stereocenters. The number of hydrogen-bond donors (Lipinski definition) is 3. The summed E-state index contributed by atoms with van der Waals surface area (Å²) in [5.74, 6) is 4.98. The lowest BCUT2D eigenvalue weighted by Crippen LogP contribution is -2.39. The minimum absolute atomic E-state index is 0.0291. The molecule has 0 aromatic heterocycles. The van der Waals surface area contributed by atoms with Crippen LogP contribution < -0.4 is 16.6 Å². The standard InChI is InChI=1S/C9H10F3N3S/c10-9(11,12)7-4-2-1-3-6(7)5-14-8(16)15-13/h1-4H,5,13H2,(H2,14,15,16). The Labute approximate surface area is 95.8 Å². The van der Waals surface area contributed by atoms with Gasteiger partial charge in [-0.15, -0.1) is 0 Å². The molecule has 0 saturated heterocycles. The molecule has 0 aliphatic carbocycles. The number of nitrogens with two attached hydrogens (primary N) is 1. The van der Waals surface area contributed by atoms with E-state index < -0.39 is 11.7 Å². The zero-order valence-electron chi connectivity index (χ0n) is 8.14. The molecule has 0 unspecified atom stereocenters. The summed E-state index contributed by atoms with van der Waals surface area (Å²) in [5, 5.41) is 2.65. The van der Waals surface area contributed by atoms with Crippen molar-refractivity contribution in [3.8, 4) is 0 Å². The summed E-state index contributed by atoms with van der Waals surface area (Å²) in [7, 11) is 0. The van der Waals surface area contributed by atoms with Crippen molar-refractivity contribution in [1.29, 1.82) is 0 Å². The van der Waals surface area contributed by atoms with Gasteiger partial charge in [-0.3, -0.25) is 0 Å². The molecule has 1 aromatic carbocycles. The minimum atomic E-state index is -4.37. The Bertz CT molecular complexity index is 379. The second-order valence-corrected chi connectivity index (χ2v) is 3.39. The van der Waals surface area contributed by atoms with Gasteiger partial charge in [0, 0.05) is 6.54 Å². The van der Waals surface area contributed by atoms with Crippen LogP contribution in [-0.2, 0) is 12.7 Å². The summed E-state index contributed by atoms with van der Waals surface area (Å²) in [6.45, 7) is -0.0291. The minimum Gasteiger partial charge on any atom is -0.358 e. The first-order chi connectivity index (χ1) is 7.45. The average molecular weight is 249 g/mol. The number of rotatable bonds is 2. The normalized spacial score (nSPS) is 11.0. The molecule has 88 valence electrons. The summed E-state index contributed by atoms with van der Waals surface area (Å²) in [6, 6.07) is 5.28. The molecule has 0 saturated carbocycles. The Morgan fingerprint density at radius 1 is 1.31 bits per heavy atom. The van der Waals surface area contributed by atoms with E-state index in [0.717, 1.165) is 6.07 Å². The van der Waals surface area contributed by atoms with Crippen molar-refractivity contribution in [1.82, 2.24) is 10.7 Å². The van der Waals surface area contributed by atoms with E-state index in [1.165, 1.54) is 18.2 Å². The number of benzene rings is 1. The molecule has 16 heavy (non-hydrogen) atoms. The second kappa shape index (κ2) is 5.13. The number of alkyl halides is 3. The van der Waals surface area contributed by atoms with Crippen LogP contribution >= 0.6 is 12.2 Å². The lowest BCUT2D eigenvalue weighted by atomic mass is 10.1. The Morgan fingerprint density at radius 2 is 1.94 bits per heavy atom. The van der Waals surface area contributed by atoms with Gasteiger partial charge in [-0.2, -0.15) is 13.2 Å². The van der Waals surface area contributed by atoms with E-state index in [4.69, 9.17) is 5.84 Å². The van der Waals surface area contributed by atoms with Gasteiger partial charge in [0.05, 0.1) is 5.56 Å². The van der Waals surface area contributed by atoms with Gasteiger partial charge in [-0.1, -0.05) is 18.2 Å². The fourth-order valence-corrected chi connectivity index (χ4v) is 1.25. The molecule has 1 rings (SSSR count).